The highest BCUT2D eigenvalue weighted by Gasteiger charge is 2.45. The highest BCUT2D eigenvalue weighted by Crippen LogP contribution is 2.37. The Balaban J connectivity index is 1.92. The summed E-state index contributed by atoms with van der Waals surface area (Å²) < 4.78 is 0. The molecule has 2 aliphatic rings. The normalized spacial score (nSPS) is 27.9. The number of aliphatic carboxylic acids is 1. The van der Waals surface area contributed by atoms with Gasteiger partial charge >= 0.3 is 5.97 Å². The summed E-state index contributed by atoms with van der Waals surface area (Å²) >= 11 is 0. The van der Waals surface area contributed by atoms with Crippen molar-refractivity contribution in [2.45, 2.75) is 58.3 Å². The Morgan fingerprint density at radius 1 is 1.32 bits per heavy atom. The van der Waals surface area contributed by atoms with Crippen molar-refractivity contribution in [1.29, 1.82) is 0 Å². The van der Waals surface area contributed by atoms with Gasteiger partial charge in [0.05, 0.1) is 5.41 Å². The maximum atomic E-state index is 12.2. The van der Waals surface area contributed by atoms with Gasteiger partial charge in [-0.15, -0.1) is 0 Å². The third kappa shape index (κ3) is 3.10. The van der Waals surface area contributed by atoms with Crippen molar-refractivity contribution < 1.29 is 14.7 Å². The molecule has 1 saturated carbocycles. The van der Waals surface area contributed by atoms with Gasteiger partial charge in [0.2, 0.25) is 5.91 Å². The summed E-state index contributed by atoms with van der Waals surface area (Å²) in [6, 6.07) is 0. The summed E-state index contributed by atoms with van der Waals surface area (Å²) in [6.07, 6.45) is 7.60. The Labute approximate surface area is 115 Å². The van der Waals surface area contributed by atoms with Crippen LogP contribution in [0, 0.1) is 11.3 Å². The van der Waals surface area contributed by atoms with Gasteiger partial charge in [0.25, 0.3) is 0 Å². The Morgan fingerprint density at radius 2 is 2.00 bits per heavy atom. The van der Waals surface area contributed by atoms with E-state index in [1.54, 1.807) is 4.90 Å². The van der Waals surface area contributed by atoms with Crippen molar-refractivity contribution in [3.63, 3.8) is 0 Å². The molecule has 1 heterocycles. The molecule has 0 aromatic rings. The van der Waals surface area contributed by atoms with Gasteiger partial charge < -0.3 is 10.0 Å². The van der Waals surface area contributed by atoms with Crippen molar-refractivity contribution in [3.05, 3.63) is 0 Å². The molecule has 0 aromatic heterocycles. The van der Waals surface area contributed by atoms with Gasteiger partial charge in [-0.25, -0.2) is 0 Å². The number of amides is 1. The SMILES string of the molecule is CCCC1(C(=O)O)CCN(C(=O)CC2CCCC2)C1. The third-order valence-corrected chi connectivity index (χ3v) is 4.83. The van der Waals surface area contributed by atoms with Crippen LogP contribution < -0.4 is 0 Å². The minimum absolute atomic E-state index is 0.172. The first-order chi connectivity index (χ1) is 9.07. The van der Waals surface area contributed by atoms with E-state index in [1.807, 2.05) is 6.92 Å². The lowest BCUT2D eigenvalue weighted by Gasteiger charge is -2.24. The zero-order valence-corrected chi connectivity index (χ0v) is 11.9. The molecule has 2 rings (SSSR count). The maximum Gasteiger partial charge on any atom is 0.311 e. The van der Waals surface area contributed by atoms with Crippen LogP contribution in [0.2, 0.25) is 0 Å². The van der Waals surface area contributed by atoms with E-state index in [0.29, 0.717) is 38.3 Å². The number of carbonyl (C=O) groups excluding carboxylic acids is 1. The summed E-state index contributed by atoms with van der Waals surface area (Å²) in [5.41, 5.74) is -0.680. The van der Waals surface area contributed by atoms with Gasteiger partial charge in [0.15, 0.2) is 0 Å². The molecule has 1 N–H and O–H groups in total. The number of hydrogen-bond acceptors (Lipinski definition) is 2. The van der Waals surface area contributed by atoms with Crippen molar-refractivity contribution in [2.75, 3.05) is 13.1 Å². The number of hydrogen-bond donors (Lipinski definition) is 1. The maximum absolute atomic E-state index is 12.2. The fraction of sp³-hybridized carbons (Fsp3) is 0.867. The molecule has 4 nitrogen and oxygen atoms in total. The topological polar surface area (TPSA) is 57.6 Å². The summed E-state index contributed by atoms with van der Waals surface area (Å²) in [5.74, 6) is -0.0184. The van der Waals surface area contributed by atoms with Gasteiger partial charge in [-0.05, 0) is 31.6 Å². The van der Waals surface area contributed by atoms with Crippen LogP contribution in [-0.2, 0) is 9.59 Å². The van der Waals surface area contributed by atoms with Crippen LogP contribution in [0.4, 0.5) is 0 Å². The van der Waals surface area contributed by atoms with Crippen LogP contribution in [0.3, 0.4) is 0 Å². The first-order valence-electron chi connectivity index (χ1n) is 7.58. The van der Waals surface area contributed by atoms with E-state index in [2.05, 4.69) is 0 Å². The smallest absolute Gasteiger partial charge is 0.311 e. The van der Waals surface area contributed by atoms with Crippen molar-refractivity contribution in [2.24, 2.45) is 11.3 Å². The van der Waals surface area contributed by atoms with E-state index in [1.165, 1.54) is 25.7 Å². The predicted octanol–water partition coefficient (Wildman–Crippen LogP) is 2.67. The molecule has 0 bridgehead atoms. The molecule has 0 aromatic carbocycles. The number of rotatable bonds is 5. The minimum Gasteiger partial charge on any atom is -0.481 e. The molecule has 0 radical (unpaired) electrons. The first kappa shape index (κ1) is 14.4. The molecule has 1 atom stereocenters. The molecule has 1 aliphatic carbocycles. The second kappa shape index (κ2) is 5.93. The van der Waals surface area contributed by atoms with Crippen LogP contribution in [0.15, 0.2) is 0 Å². The highest BCUT2D eigenvalue weighted by atomic mass is 16.4. The van der Waals surface area contributed by atoms with E-state index < -0.39 is 11.4 Å². The van der Waals surface area contributed by atoms with E-state index in [-0.39, 0.29) is 5.91 Å². The van der Waals surface area contributed by atoms with E-state index in [9.17, 15) is 14.7 Å². The first-order valence-corrected chi connectivity index (χ1v) is 7.58. The molecule has 1 unspecified atom stereocenters. The van der Waals surface area contributed by atoms with Gasteiger partial charge in [-0.2, -0.15) is 0 Å². The number of nitrogens with zero attached hydrogens (tertiary/aromatic N) is 1. The molecule has 1 saturated heterocycles. The number of carbonyl (C=O) groups is 2. The number of carboxylic acids is 1. The van der Waals surface area contributed by atoms with Crippen LogP contribution in [0.25, 0.3) is 0 Å². The fourth-order valence-electron chi connectivity index (χ4n) is 3.64. The lowest BCUT2D eigenvalue weighted by molar-refractivity contribution is -0.149. The minimum atomic E-state index is -0.731. The molecule has 2 fully saturated rings. The quantitative estimate of drug-likeness (QED) is 0.833. The van der Waals surface area contributed by atoms with Gasteiger partial charge in [-0.3, -0.25) is 9.59 Å². The van der Waals surface area contributed by atoms with Crippen LogP contribution >= 0.6 is 0 Å². The molecular formula is C15H25NO3. The number of carboxylic acid groups (broad SMARTS) is 1. The predicted molar refractivity (Wildman–Crippen MR) is 72.7 cm³/mol. The second-order valence-corrected chi connectivity index (χ2v) is 6.26. The third-order valence-electron chi connectivity index (χ3n) is 4.83. The summed E-state index contributed by atoms with van der Waals surface area (Å²) in [7, 11) is 0. The Hall–Kier alpha value is -1.06. The Bertz CT molecular complexity index is 349. The van der Waals surface area contributed by atoms with Crippen LogP contribution in [0.5, 0.6) is 0 Å². The summed E-state index contributed by atoms with van der Waals surface area (Å²) in [5, 5.41) is 9.44. The lowest BCUT2D eigenvalue weighted by Crippen LogP contribution is -2.37. The van der Waals surface area contributed by atoms with E-state index in [4.69, 9.17) is 0 Å². The number of likely N-dealkylation sites (tertiary alicyclic amines) is 1. The molecule has 1 aliphatic heterocycles. The van der Waals surface area contributed by atoms with Crippen molar-refractivity contribution in [3.8, 4) is 0 Å². The molecule has 108 valence electrons. The molecular weight excluding hydrogens is 242 g/mol. The zero-order valence-electron chi connectivity index (χ0n) is 11.9. The molecule has 0 spiro atoms. The van der Waals surface area contributed by atoms with Gasteiger partial charge in [0, 0.05) is 19.5 Å². The standard InChI is InChI=1S/C15H25NO3/c1-2-7-15(14(18)19)8-9-16(11-15)13(17)10-12-5-3-4-6-12/h12H,2-11H2,1H3,(H,18,19). The molecule has 1 amide bonds. The van der Waals surface area contributed by atoms with Crippen LogP contribution in [0.1, 0.15) is 58.3 Å². The largest absolute Gasteiger partial charge is 0.481 e. The average molecular weight is 267 g/mol. The molecule has 19 heavy (non-hydrogen) atoms. The van der Waals surface area contributed by atoms with E-state index >= 15 is 0 Å². The fourth-order valence-corrected chi connectivity index (χ4v) is 3.64. The highest BCUT2D eigenvalue weighted by molar-refractivity contribution is 5.80. The Morgan fingerprint density at radius 3 is 2.58 bits per heavy atom. The lowest BCUT2D eigenvalue weighted by atomic mass is 9.83. The summed E-state index contributed by atoms with van der Waals surface area (Å²) in [6.45, 7) is 3.05. The zero-order chi connectivity index (χ0) is 13.9. The van der Waals surface area contributed by atoms with Crippen molar-refractivity contribution in [1.82, 2.24) is 4.90 Å². The second-order valence-electron chi connectivity index (χ2n) is 6.26. The van der Waals surface area contributed by atoms with Gasteiger partial charge in [0.1, 0.15) is 0 Å². The summed E-state index contributed by atoms with van der Waals surface area (Å²) in [4.78, 5) is 25.5. The average Bonchev–Trinajstić information content (AvgIpc) is 2.99. The van der Waals surface area contributed by atoms with Crippen molar-refractivity contribution >= 4 is 11.9 Å². The molecule has 4 heteroatoms. The van der Waals surface area contributed by atoms with E-state index in [0.717, 1.165) is 6.42 Å². The monoisotopic (exact) mass is 267 g/mol. The van der Waals surface area contributed by atoms with Crippen LogP contribution in [-0.4, -0.2) is 35.0 Å². The van der Waals surface area contributed by atoms with Gasteiger partial charge in [-0.1, -0.05) is 26.2 Å². The Kier molecular flexibility index (Phi) is 4.48.